The van der Waals surface area contributed by atoms with E-state index in [2.05, 4.69) is 57.7 Å². The second-order valence-corrected chi connectivity index (χ2v) is 7.08. The molecule has 0 aliphatic heterocycles. The minimum absolute atomic E-state index is 0.234. The molecule has 4 rings (SSSR count). The molecule has 2 aromatic heterocycles. The smallest absolute Gasteiger partial charge is 0.137 e. The monoisotopic (exact) mass is 392 g/mol. The van der Waals surface area contributed by atoms with Crippen LogP contribution < -0.4 is 0 Å². The molecule has 25 heavy (non-hydrogen) atoms. The summed E-state index contributed by atoms with van der Waals surface area (Å²) < 4.78 is 3.02. The lowest BCUT2D eigenvalue weighted by Crippen LogP contribution is -1.97. The van der Waals surface area contributed by atoms with Crippen LogP contribution in [0.5, 0.6) is 5.75 Å². The molecule has 0 saturated carbocycles. The summed E-state index contributed by atoms with van der Waals surface area (Å²) in [4.78, 5) is 4.82. The minimum atomic E-state index is 0.234. The van der Waals surface area contributed by atoms with Crippen LogP contribution in [0.4, 0.5) is 0 Å². The zero-order valence-corrected chi connectivity index (χ0v) is 15.4. The fraction of sp³-hybridized carbons (Fsp3) is 0.0952. The molecule has 1 N–H and O–H groups in total. The van der Waals surface area contributed by atoms with Crippen molar-refractivity contribution in [2.75, 3.05) is 0 Å². The molecule has 0 aliphatic carbocycles. The highest BCUT2D eigenvalue weighted by Gasteiger charge is 2.17. The number of aromatic hydroxyl groups is 1. The lowest BCUT2D eigenvalue weighted by atomic mass is 10.0. The van der Waals surface area contributed by atoms with E-state index in [1.165, 1.54) is 5.56 Å². The van der Waals surface area contributed by atoms with Gasteiger partial charge in [-0.2, -0.15) is 0 Å². The van der Waals surface area contributed by atoms with E-state index in [1.54, 1.807) is 6.07 Å². The maximum absolute atomic E-state index is 10.4. The fourth-order valence-electron chi connectivity index (χ4n) is 3.07. The zero-order chi connectivity index (χ0) is 17.4. The van der Waals surface area contributed by atoms with E-state index in [-0.39, 0.29) is 5.75 Å². The third-order valence-electron chi connectivity index (χ3n) is 4.31. The number of halogens is 1. The van der Waals surface area contributed by atoms with E-state index in [9.17, 15) is 5.11 Å². The number of fused-ring (bicyclic) bond motifs is 1. The van der Waals surface area contributed by atoms with Crippen LogP contribution in [0.2, 0.25) is 0 Å². The van der Waals surface area contributed by atoms with Gasteiger partial charge < -0.3 is 9.51 Å². The third-order valence-corrected chi connectivity index (χ3v) is 4.80. The number of phenols is 1. The molecular formula is C21H17BrN2O. The first kappa shape index (κ1) is 15.9. The van der Waals surface area contributed by atoms with Crippen LogP contribution in [0.1, 0.15) is 16.8 Å². The van der Waals surface area contributed by atoms with Crippen LogP contribution in [0.15, 0.2) is 71.3 Å². The molecule has 0 amide bonds. The highest BCUT2D eigenvalue weighted by Crippen LogP contribution is 2.35. The van der Waals surface area contributed by atoms with Crippen molar-refractivity contribution in [1.82, 2.24) is 9.38 Å². The summed E-state index contributed by atoms with van der Waals surface area (Å²) in [5, 5.41) is 10.4. The van der Waals surface area contributed by atoms with E-state index in [0.717, 1.165) is 39.1 Å². The Bertz CT molecular complexity index is 1050. The largest absolute Gasteiger partial charge is 0.507 e. The van der Waals surface area contributed by atoms with Crippen molar-refractivity contribution < 1.29 is 5.11 Å². The first-order valence-corrected chi connectivity index (χ1v) is 8.91. The summed E-state index contributed by atoms with van der Waals surface area (Å²) in [5.74, 6) is 0.234. The van der Waals surface area contributed by atoms with Crippen molar-refractivity contribution in [3.05, 3.63) is 88.2 Å². The highest BCUT2D eigenvalue weighted by atomic mass is 79.9. The van der Waals surface area contributed by atoms with Crippen molar-refractivity contribution in [1.29, 1.82) is 0 Å². The summed E-state index contributed by atoms with van der Waals surface area (Å²) >= 11 is 3.49. The van der Waals surface area contributed by atoms with Gasteiger partial charge in [0.15, 0.2) is 0 Å². The van der Waals surface area contributed by atoms with Gasteiger partial charge in [0.25, 0.3) is 0 Å². The normalized spacial score (nSPS) is 11.1. The molecule has 3 nitrogen and oxygen atoms in total. The molecule has 2 aromatic carbocycles. The molecular weight excluding hydrogens is 376 g/mol. The molecule has 0 saturated heterocycles. The summed E-state index contributed by atoms with van der Waals surface area (Å²) in [6, 6.07) is 19.9. The van der Waals surface area contributed by atoms with E-state index < -0.39 is 0 Å². The number of nitrogens with zero attached hydrogens (tertiary/aromatic N) is 2. The average molecular weight is 393 g/mol. The number of aromatic nitrogens is 2. The van der Waals surface area contributed by atoms with Gasteiger partial charge in [-0.25, -0.2) is 4.98 Å². The number of pyridine rings is 1. The first-order chi connectivity index (χ1) is 12.1. The van der Waals surface area contributed by atoms with Crippen molar-refractivity contribution >= 4 is 21.6 Å². The Morgan fingerprint density at radius 2 is 1.84 bits per heavy atom. The average Bonchev–Trinajstić information content (AvgIpc) is 2.95. The van der Waals surface area contributed by atoms with Crippen LogP contribution >= 0.6 is 15.9 Å². The van der Waals surface area contributed by atoms with E-state index in [1.807, 2.05) is 30.3 Å². The predicted molar refractivity (Wildman–Crippen MR) is 104 cm³/mol. The topological polar surface area (TPSA) is 37.5 Å². The van der Waals surface area contributed by atoms with Crippen molar-refractivity contribution in [3.63, 3.8) is 0 Å². The molecule has 0 atom stereocenters. The van der Waals surface area contributed by atoms with Crippen LogP contribution in [0.25, 0.3) is 16.9 Å². The SMILES string of the molecule is Cc1ccn2c(Cc3ccccc3)c(-c3cc(Br)ccc3O)nc2c1. The molecule has 4 heteroatoms. The van der Waals surface area contributed by atoms with Crippen LogP contribution in [-0.2, 0) is 6.42 Å². The number of imidazole rings is 1. The highest BCUT2D eigenvalue weighted by molar-refractivity contribution is 9.10. The van der Waals surface area contributed by atoms with Crippen LogP contribution in [0.3, 0.4) is 0 Å². The van der Waals surface area contributed by atoms with Gasteiger partial charge in [-0.1, -0.05) is 46.3 Å². The third kappa shape index (κ3) is 3.05. The molecule has 124 valence electrons. The summed E-state index contributed by atoms with van der Waals surface area (Å²) in [6.45, 7) is 2.06. The van der Waals surface area contributed by atoms with Gasteiger partial charge in [0.2, 0.25) is 0 Å². The number of aryl methyl sites for hydroxylation is 1. The number of hydrogen-bond donors (Lipinski definition) is 1. The van der Waals surface area contributed by atoms with Gasteiger partial charge in [0, 0.05) is 22.7 Å². The summed E-state index contributed by atoms with van der Waals surface area (Å²) in [7, 11) is 0. The molecule has 0 aliphatic rings. The molecule has 0 fully saturated rings. The lowest BCUT2D eigenvalue weighted by Gasteiger charge is -2.08. The fourth-order valence-corrected chi connectivity index (χ4v) is 3.43. The molecule has 0 radical (unpaired) electrons. The Morgan fingerprint density at radius 1 is 1.04 bits per heavy atom. The Morgan fingerprint density at radius 3 is 2.64 bits per heavy atom. The number of rotatable bonds is 3. The minimum Gasteiger partial charge on any atom is -0.507 e. The van der Waals surface area contributed by atoms with Gasteiger partial charge in [0.1, 0.15) is 11.4 Å². The quantitative estimate of drug-likeness (QED) is 0.508. The Labute approximate surface area is 154 Å². The number of phenolic OH excluding ortho intramolecular Hbond substituents is 1. The van der Waals surface area contributed by atoms with Crippen molar-refractivity contribution in [3.8, 4) is 17.0 Å². The number of benzene rings is 2. The van der Waals surface area contributed by atoms with Crippen LogP contribution in [-0.4, -0.2) is 14.5 Å². The van der Waals surface area contributed by atoms with Gasteiger partial charge in [-0.15, -0.1) is 0 Å². The molecule has 2 heterocycles. The van der Waals surface area contributed by atoms with Crippen molar-refractivity contribution in [2.24, 2.45) is 0 Å². The maximum atomic E-state index is 10.4. The lowest BCUT2D eigenvalue weighted by molar-refractivity contribution is 0.477. The second-order valence-electron chi connectivity index (χ2n) is 6.16. The van der Waals surface area contributed by atoms with Gasteiger partial charge in [-0.05, 0) is 48.4 Å². The standard InChI is InChI=1S/C21H17BrN2O/c1-14-9-10-24-18(12-15-5-3-2-4-6-15)21(23-20(24)11-14)17-13-16(22)7-8-19(17)25/h2-11,13,25H,12H2,1H3. The Balaban J connectivity index is 1.96. The molecule has 0 spiro atoms. The second kappa shape index (κ2) is 6.37. The molecule has 0 bridgehead atoms. The first-order valence-electron chi connectivity index (χ1n) is 8.12. The van der Waals surface area contributed by atoms with Gasteiger partial charge >= 0.3 is 0 Å². The Kier molecular flexibility index (Phi) is 4.06. The molecule has 0 unspecified atom stereocenters. The zero-order valence-electron chi connectivity index (χ0n) is 13.8. The molecule has 4 aromatic rings. The van der Waals surface area contributed by atoms with E-state index in [0.29, 0.717) is 0 Å². The van der Waals surface area contributed by atoms with Crippen LogP contribution in [0, 0.1) is 6.92 Å². The van der Waals surface area contributed by atoms with E-state index >= 15 is 0 Å². The predicted octanol–water partition coefficient (Wildman–Crippen LogP) is 5.37. The Hall–Kier alpha value is -2.59. The summed E-state index contributed by atoms with van der Waals surface area (Å²) in [5.41, 5.74) is 5.87. The van der Waals surface area contributed by atoms with E-state index in [4.69, 9.17) is 4.98 Å². The van der Waals surface area contributed by atoms with Gasteiger partial charge in [0.05, 0.1) is 11.4 Å². The van der Waals surface area contributed by atoms with Gasteiger partial charge in [-0.3, -0.25) is 0 Å². The van der Waals surface area contributed by atoms with Crippen molar-refractivity contribution in [2.45, 2.75) is 13.3 Å². The maximum Gasteiger partial charge on any atom is 0.137 e. The number of hydrogen-bond acceptors (Lipinski definition) is 2. The summed E-state index contributed by atoms with van der Waals surface area (Å²) in [6.07, 6.45) is 2.79.